The van der Waals surface area contributed by atoms with Crippen molar-refractivity contribution in [1.82, 2.24) is 20.1 Å². The number of rotatable bonds is 6. The number of nitrogens with one attached hydrogen (secondary N) is 1. The highest BCUT2D eigenvalue weighted by Crippen LogP contribution is 2.40. The summed E-state index contributed by atoms with van der Waals surface area (Å²) in [5.74, 6) is 0.0425. The maximum Gasteiger partial charge on any atom is 0.329 e. The van der Waals surface area contributed by atoms with Gasteiger partial charge in [0.25, 0.3) is 5.91 Å². The Morgan fingerprint density at radius 3 is 2.65 bits per heavy atom. The molecule has 5 heterocycles. The average Bonchev–Trinajstić information content (AvgIpc) is 3.53. The predicted molar refractivity (Wildman–Crippen MR) is 164 cm³/mol. The molecule has 6 rings (SSSR count). The number of carbonyl (C=O) groups is 3. The largest absolute Gasteiger partial charge is 0.340 e. The van der Waals surface area contributed by atoms with Crippen LogP contribution in [-0.4, -0.2) is 73.5 Å². The molecule has 0 aliphatic carbocycles. The van der Waals surface area contributed by atoms with Crippen LogP contribution in [0.3, 0.4) is 0 Å². The summed E-state index contributed by atoms with van der Waals surface area (Å²) >= 11 is 1.27. The van der Waals surface area contributed by atoms with Crippen LogP contribution in [0.1, 0.15) is 71.3 Å². The predicted octanol–water partition coefficient (Wildman–Crippen LogP) is 4.19. The second kappa shape index (κ2) is 11.8. The standard InChI is InChI=1S/C31H37N4O6PS/c1-18-3-6-25(33-29(36)28-13-21-12-20(17-42(39,40)41)4-8-27(21)43-28)30(37)35-23(11-18)5-7-26(35)31(38)34-15-22(16-34)24-14-32-10-9-19(24)2/h4,8-10,12-14,18,22-23,25-26H,3,5-7,11,15-17H2,1-2H3,(H,33,36)(H2,39,40,41)/t18-,23-,25+,26+/m1/s1. The van der Waals surface area contributed by atoms with E-state index in [-0.39, 0.29) is 35.8 Å². The van der Waals surface area contributed by atoms with Crippen molar-refractivity contribution in [2.75, 3.05) is 13.1 Å². The molecule has 3 N–H and O–H groups in total. The van der Waals surface area contributed by atoms with E-state index in [2.05, 4.69) is 24.1 Å². The van der Waals surface area contributed by atoms with Gasteiger partial charge in [0.15, 0.2) is 0 Å². The summed E-state index contributed by atoms with van der Waals surface area (Å²) in [5, 5.41) is 3.70. The smallest absolute Gasteiger partial charge is 0.329 e. The Labute approximate surface area is 254 Å². The summed E-state index contributed by atoms with van der Waals surface area (Å²) in [6.07, 6.45) is 6.84. The van der Waals surface area contributed by atoms with Crippen molar-refractivity contribution < 1.29 is 28.7 Å². The number of hydrogen-bond donors (Lipinski definition) is 3. The quantitative estimate of drug-likeness (QED) is 0.350. The highest BCUT2D eigenvalue weighted by atomic mass is 32.1. The topological polar surface area (TPSA) is 140 Å². The van der Waals surface area contributed by atoms with Gasteiger partial charge in [-0.15, -0.1) is 11.3 Å². The number of amides is 3. The summed E-state index contributed by atoms with van der Waals surface area (Å²) < 4.78 is 12.3. The molecule has 12 heteroatoms. The Hall–Kier alpha value is -3.11. The molecule has 3 aromatic rings. The van der Waals surface area contributed by atoms with E-state index in [9.17, 15) is 28.7 Å². The van der Waals surface area contributed by atoms with Crippen LogP contribution in [0.25, 0.3) is 10.1 Å². The lowest BCUT2D eigenvalue weighted by molar-refractivity contribution is -0.150. The van der Waals surface area contributed by atoms with Gasteiger partial charge in [-0.3, -0.25) is 23.9 Å². The minimum absolute atomic E-state index is 0.0115. The number of thiophene rings is 1. The summed E-state index contributed by atoms with van der Waals surface area (Å²) in [4.78, 5) is 68.1. The molecule has 0 saturated carbocycles. The van der Waals surface area contributed by atoms with Gasteiger partial charge in [0.05, 0.1) is 11.0 Å². The first-order valence-corrected chi connectivity index (χ1v) is 17.5. The van der Waals surface area contributed by atoms with Crippen molar-refractivity contribution >= 4 is 46.7 Å². The van der Waals surface area contributed by atoms with Crippen LogP contribution in [0.5, 0.6) is 0 Å². The van der Waals surface area contributed by atoms with Gasteiger partial charge in [-0.2, -0.15) is 0 Å². The average molecular weight is 625 g/mol. The van der Waals surface area contributed by atoms with Crippen molar-refractivity contribution in [2.45, 2.75) is 76.2 Å². The molecule has 43 heavy (non-hydrogen) atoms. The third-order valence-corrected chi connectivity index (χ3v) is 11.1. The van der Waals surface area contributed by atoms with Gasteiger partial charge in [0.1, 0.15) is 12.1 Å². The fourth-order valence-electron chi connectivity index (χ4n) is 6.90. The minimum Gasteiger partial charge on any atom is -0.340 e. The first-order valence-electron chi connectivity index (χ1n) is 14.9. The molecule has 3 saturated heterocycles. The third kappa shape index (κ3) is 6.27. The lowest BCUT2D eigenvalue weighted by Crippen LogP contribution is -2.60. The zero-order chi connectivity index (χ0) is 30.5. The Bertz CT molecular complexity index is 1610. The third-order valence-electron chi connectivity index (χ3n) is 9.17. The molecule has 0 radical (unpaired) electrons. The number of pyridine rings is 1. The van der Waals surface area contributed by atoms with E-state index in [0.29, 0.717) is 42.3 Å². The van der Waals surface area contributed by atoms with Crippen molar-refractivity contribution in [3.05, 3.63) is 64.3 Å². The molecule has 3 fully saturated rings. The molecule has 1 aromatic carbocycles. The van der Waals surface area contributed by atoms with E-state index in [1.165, 1.54) is 16.9 Å². The molecule has 3 aliphatic heterocycles. The minimum atomic E-state index is -4.21. The van der Waals surface area contributed by atoms with Crippen molar-refractivity contribution in [3.8, 4) is 0 Å². The molecule has 3 amide bonds. The Morgan fingerprint density at radius 1 is 1.12 bits per heavy atom. The van der Waals surface area contributed by atoms with E-state index in [1.54, 1.807) is 35.4 Å². The van der Waals surface area contributed by atoms with Crippen molar-refractivity contribution in [2.24, 2.45) is 5.92 Å². The summed E-state index contributed by atoms with van der Waals surface area (Å²) in [6.45, 7) is 5.46. The maximum atomic E-state index is 14.0. The number of nitrogens with zero attached hydrogens (tertiary/aromatic N) is 3. The van der Waals surface area contributed by atoms with Crippen LogP contribution < -0.4 is 5.32 Å². The van der Waals surface area contributed by atoms with E-state index in [0.717, 1.165) is 34.9 Å². The molecule has 3 aliphatic rings. The highest BCUT2D eigenvalue weighted by molar-refractivity contribution is 7.50. The zero-order valence-electron chi connectivity index (χ0n) is 24.3. The first kappa shape index (κ1) is 29.9. The Balaban J connectivity index is 1.16. The van der Waals surface area contributed by atoms with Crippen LogP contribution in [0.4, 0.5) is 0 Å². The van der Waals surface area contributed by atoms with Gasteiger partial charge in [-0.1, -0.05) is 13.0 Å². The monoisotopic (exact) mass is 624 g/mol. The Kier molecular flexibility index (Phi) is 8.19. The molecule has 4 atom stereocenters. The van der Waals surface area contributed by atoms with Gasteiger partial charge >= 0.3 is 7.60 Å². The fraction of sp³-hybridized carbons (Fsp3) is 0.484. The molecule has 0 unspecified atom stereocenters. The second-order valence-corrected chi connectivity index (χ2v) is 15.1. The molecule has 2 aromatic heterocycles. The van der Waals surface area contributed by atoms with Crippen LogP contribution in [0, 0.1) is 12.8 Å². The summed E-state index contributed by atoms with van der Waals surface area (Å²) in [6, 6.07) is 7.51. The number of hydrogen-bond acceptors (Lipinski definition) is 6. The highest BCUT2D eigenvalue weighted by Gasteiger charge is 2.47. The normalized spacial score (nSPS) is 24.8. The molecule has 228 valence electrons. The number of fused-ring (bicyclic) bond motifs is 2. The number of aromatic nitrogens is 1. The molecule has 0 spiro atoms. The van der Waals surface area contributed by atoms with E-state index < -0.39 is 19.7 Å². The summed E-state index contributed by atoms with van der Waals surface area (Å²) in [5.41, 5.74) is 2.82. The molecule has 10 nitrogen and oxygen atoms in total. The van der Waals surface area contributed by atoms with Crippen molar-refractivity contribution in [1.29, 1.82) is 0 Å². The van der Waals surface area contributed by atoms with E-state index in [4.69, 9.17) is 0 Å². The van der Waals surface area contributed by atoms with Crippen LogP contribution in [0.2, 0.25) is 0 Å². The SMILES string of the molecule is Cc1ccncc1C1CN(C(=O)[C@@H]2CC[C@@H]3C[C@H](C)CC[C@H](NC(=O)c4cc5cc(CP(=O)(O)O)ccc5s4)C(=O)N32)C1. The van der Waals surface area contributed by atoms with E-state index in [1.807, 2.05) is 17.2 Å². The number of carbonyl (C=O) groups excluding carboxylic acids is 3. The van der Waals surface area contributed by atoms with Gasteiger partial charge < -0.3 is 24.9 Å². The lowest BCUT2D eigenvalue weighted by atomic mass is 9.89. The number of aryl methyl sites for hydroxylation is 1. The molecular formula is C31H37N4O6PS. The van der Waals surface area contributed by atoms with Gasteiger partial charge in [0.2, 0.25) is 11.8 Å². The van der Waals surface area contributed by atoms with E-state index >= 15 is 0 Å². The van der Waals surface area contributed by atoms with Crippen LogP contribution >= 0.6 is 18.9 Å². The first-order chi connectivity index (χ1) is 20.5. The maximum absolute atomic E-state index is 14.0. The van der Waals surface area contributed by atoms with Gasteiger partial charge in [0, 0.05) is 42.1 Å². The number of likely N-dealkylation sites (tertiary alicyclic amines) is 1. The summed E-state index contributed by atoms with van der Waals surface area (Å²) in [7, 11) is -4.21. The van der Waals surface area contributed by atoms with Gasteiger partial charge in [-0.25, -0.2) is 0 Å². The van der Waals surface area contributed by atoms with Crippen LogP contribution in [0.15, 0.2) is 42.7 Å². The van der Waals surface area contributed by atoms with Crippen LogP contribution in [-0.2, 0) is 20.3 Å². The van der Waals surface area contributed by atoms with Crippen molar-refractivity contribution in [3.63, 3.8) is 0 Å². The van der Waals surface area contributed by atoms with Gasteiger partial charge in [-0.05, 0) is 91.3 Å². The fourth-order valence-corrected chi connectivity index (χ4v) is 8.52. The Morgan fingerprint density at radius 2 is 1.91 bits per heavy atom. The second-order valence-electron chi connectivity index (χ2n) is 12.4. The number of benzene rings is 1. The molecule has 0 bridgehead atoms. The molecular weight excluding hydrogens is 587 g/mol. The lowest BCUT2D eigenvalue weighted by Gasteiger charge is -2.44. The zero-order valence-corrected chi connectivity index (χ0v) is 26.0.